The Bertz CT molecular complexity index is 1000. The number of hydrogen-bond donors (Lipinski definition) is 1. The molecule has 170 valence electrons. The van der Waals surface area contributed by atoms with Crippen LogP contribution in [0.4, 0.5) is 11.4 Å². The van der Waals surface area contributed by atoms with Gasteiger partial charge in [0.05, 0.1) is 23.7 Å². The predicted molar refractivity (Wildman–Crippen MR) is 118 cm³/mol. The zero-order valence-electron chi connectivity index (χ0n) is 18.4. The topological polar surface area (TPSA) is 103 Å². The Kier molecular flexibility index (Phi) is 6.18. The number of methoxy groups -OCH3 is 1. The highest BCUT2D eigenvalue weighted by Gasteiger charge is 2.38. The molecule has 9 nitrogen and oxygen atoms in total. The molecule has 0 spiro atoms. The van der Waals surface area contributed by atoms with Crippen molar-refractivity contribution >= 4 is 17.3 Å². The van der Waals surface area contributed by atoms with Gasteiger partial charge in [-0.25, -0.2) is 0 Å². The largest absolute Gasteiger partial charge is 0.497 e. The van der Waals surface area contributed by atoms with Crippen LogP contribution in [-0.4, -0.2) is 42.7 Å². The molecule has 3 atom stereocenters. The number of carbonyl (C=O) groups is 1. The molecule has 4 rings (SSSR count). The van der Waals surface area contributed by atoms with Gasteiger partial charge in [0, 0.05) is 18.8 Å². The van der Waals surface area contributed by atoms with Crippen molar-refractivity contribution in [2.75, 3.05) is 32.3 Å². The standard InChI is InChI=1S/C23H27N3O6/c1-14-8-15(2)12-25(11-14)22(23(27)24-16-4-6-17(30-3)7-5-16)18-9-20-21(32-13-31-20)10-19(18)26(28)29/h4-7,9-10,14-15,22H,8,11-13H2,1-3H3,(H,24,27)/t14-,15-,22+/m1/s1. The summed E-state index contributed by atoms with van der Waals surface area (Å²) in [5.74, 6) is 1.79. The molecule has 0 saturated carbocycles. The number of amides is 1. The van der Waals surface area contributed by atoms with E-state index in [4.69, 9.17) is 14.2 Å². The van der Waals surface area contributed by atoms with Crippen LogP contribution in [0.15, 0.2) is 36.4 Å². The third-order valence-corrected chi connectivity index (χ3v) is 5.88. The first-order valence-corrected chi connectivity index (χ1v) is 10.6. The first-order valence-electron chi connectivity index (χ1n) is 10.6. The van der Waals surface area contributed by atoms with Gasteiger partial charge >= 0.3 is 0 Å². The number of hydrogen-bond acceptors (Lipinski definition) is 7. The fourth-order valence-electron chi connectivity index (χ4n) is 4.63. The highest BCUT2D eigenvalue weighted by Crippen LogP contribution is 2.43. The van der Waals surface area contributed by atoms with Crippen molar-refractivity contribution in [3.8, 4) is 17.2 Å². The number of benzene rings is 2. The smallest absolute Gasteiger partial charge is 0.278 e. The second-order valence-corrected chi connectivity index (χ2v) is 8.54. The molecule has 0 bridgehead atoms. The minimum atomic E-state index is -0.850. The number of carbonyl (C=O) groups excluding carboxylic acids is 1. The molecule has 2 aromatic rings. The van der Waals surface area contributed by atoms with Crippen LogP contribution in [0, 0.1) is 22.0 Å². The van der Waals surface area contributed by atoms with Gasteiger partial charge in [0.25, 0.3) is 5.69 Å². The van der Waals surface area contributed by atoms with Gasteiger partial charge in [-0.2, -0.15) is 0 Å². The number of rotatable bonds is 6. The van der Waals surface area contributed by atoms with Crippen LogP contribution < -0.4 is 19.5 Å². The van der Waals surface area contributed by atoms with Crippen molar-refractivity contribution in [3.63, 3.8) is 0 Å². The highest BCUT2D eigenvalue weighted by atomic mass is 16.7. The molecule has 1 saturated heterocycles. The van der Waals surface area contributed by atoms with E-state index in [1.54, 1.807) is 37.4 Å². The fourth-order valence-corrected chi connectivity index (χ4v) is 4.63. The van der Waals surface area contributed by atoms with Gasteiger partial charge in [-0.3, -0.25) is 19.8 Å². The quantitative estimate of drug-likeness (QED) is 0.534. The monoisotopic (exact) mass is 441 g/mol. The second kappa shape index (κ2) is 9.04. The Morgan fingerprint density at radius 3 is 2.38 bits per heavy atom. The average Bonchev–Trinajstić information content (AvgIpc) is 3.20. The van der Waals surface area contributed by atoms with Crippen LogP contribution in [-0.2, 0) is 4.79 Å². The van der Waals surface area contributed by atoms with Gasteiger partial charge in [0.1, 0.15) is 11.8 Å². The Labute approximate surface area is 186 Å². The molecular formula is C23H27N3O6. The molecule has 1 N–H and O–H groups in total. The lowest BCUT2D eigenvalue weighted by atomic mass is 9.89. The molecule has 1 amide bonds. The molecule has 0 unspecified atom stereocenters. The molecule has 1 fully saturated rings. The number of nitro benzene ring substituents is 1. The second-order valence-electron chi connectivity index (χ2n) is 8.54. The van der Waals surface area contributed by atoms with E-state index in [1.807, 2.05) is 4.90 Å². The zero-order chi connectivity index (χ0) is 22.8. The maximum absolute atomic E-state index is 13.6. The summed E-state index contributed by atoms with van der Waals surface area (Å²) in [5, 5.41) is 14.9. The fraction of sp³-hybridized carbons (Fsp3) is 0.435. The van der Waals surface area contributed by atoms with Crippen molar-refractivity contribution in [1.82, 2.24) is 4.90 Å². The Hall–Kier alpha value is -3.33. The number of nitro groups is 1. The van der Waals surface area contributed by atoms with Crippen molar-refractivity contribution in [1.29, 1.82) is 0 Å². The van der Waals surface area contributed by atoms with Crippen LogP contribution in [0.2, 0.25) is 0 Å². The summed E-state index contributed by atoms with van der Waals surface area (Å²) in [7, 11) is 1.57. The number of likely N-dealkylation sites (tertiary alicyclic amines) is 1. The van der Waals surface area contributed by atoms with Crippen molar-refractivity contribution in [2.45, 2.75) is 26.3 Å². The molecule has 9 heteroatoms. The van der Waals surface area contributed by atoms with Crippen LogP contribution in [0.5, 0.6) is 17.2 Å². The number of piperidine rings is 1. The summed E-state index contributed by atoms with van der Waals surface area (Å²) < 4.78 is 16.0. The summed E-state index contributed by atoms with van der Waals surface area (Å²) >= 11 is 0. The van der Waals surface area contributed by atoms with E-state index in [-0.39, 0.29) is 18.4 Å². The minimum absolute atomic E-state index is 0.00354. The Morgan fingerprint density at radius 1 is 1.16 bits per heavy atom. The number of nitrogens with zero attached hydrogens (tertiary/aromatic N) is 2. The third kappa shape index (κ3) is 4.47. The van der Waals surface area contributed by atoms with Crippen molar-refractivity contribution in [2.24, 2.45) is 11.8 Å². The first kappa shape index (κ1) is 21.9. The van der Waals surface area contributed by atoms with Crippen molar-refractivity contribution < 1.29 is 23.9 Å². The molecular weight excluding hydrogens is 414 g/mol. The first-order chi connectivity index (χ1) is 15.4. The summed E-state index contributed by atoms with van der Waals surface area (Å²) in [6.45, 7) is 5.59. The lowest BCUT2D eigenvalue weighted by molar-refractivity contribution is -0.386. The van der Waals surface area contributed by atoms with Gasteiger partial charge in [0.15, 0.2) is 11.5 Å². The van der Waals surface area contributed by atoms with Crippen molar-refractivity contribution in [3.05, 3.63) is 52.1 Å². The minimum Gasteiger partial charge on any atom is -0.497 e. The predicted octanol–water partition coefficient (Wildman–Crippen LogP) is 3.99. The van der Waals surface area contributed by atoms with Gasteiger partial charge in [-0.15, -0.1) is 0 Å². The van der Waals surface area contributed by atoms with Crippen LogP contribution >= 0.6 is 0 Å². The molecule has 0 aromatic heterocycles. The maximum Gasteiger partial charge on any atom is 0.278 e. The van der Waals surface area contributed by atoms with E-state index in [2.05, 4.69) is 19.2 Å². The summed E-state index contributed by atoms with van der Waals surface area (Å²) in [5.41, 5.74) is 0.726. The molecule has 2 aromatic carbocycles. The molecule has 2 aliphatic heterocycles. The van der Waals surface area contributed by atoms with Crippen LogP contribution in [0.1, 0.15) is 31.9 Å². The zero-order valence-corrected chi connectivity index (χ0v) is 18.4. The van der Waals surface area contributed by atoms with E-state index >= 15 is 0 Å². The molecule has 2 heterocycles. The lowest BCUT2D eigenvalue weighted by Crippen LogP contribution is -2.45. The number of anilines is 1. The highest BCUT2D eigenvalue weighted by molar-refractivity contribution is 5.96. The van der Waals surface area contributed by atoms with Gasteiger partial charge in [-0.05, 0) is 48.6 Å². The van der Waals surface area contributed by atoms with Gasteiger partial charge < -0.3 is 19.5 Å². The van der Waals surface area contributed by atoms with E-state index < -0.39 is 11.0 Å². The summed E-state index contributed by atoms with van der Waals surface area (Å²) in [4.78, 5) is 27.1. The van der Waals surface area contributed by atoms with Gasteiger partial charge in [-0.1, -0.05) is 13.8 Å². The Morgan fingerprint density at radius 2 is 1.78 bits per heavy atom. The van der Waals surface area contributed by atoms with Gasteiger partial charge in [0.2, 0.25) is 12.7 Å². The lowest BCUT2D eigenvalue weighted by Gasteiger charge is -2.39. The van der Waals surface area contributed by atoms with E-state index in [9.17, 15) is 14.9 Å². The Balaban J connectivity index is 1.74. The maximum atomic E-state index is 13.6. The van der Waals surface area contributed by atoms with E-state index in [0.29, 0.717) is 53.4 Å². The molecule has 0 aliphatic carbocycles. The number of fused-ring (bicyclic) bond motifs is 1. The average molecular weight is 441 g/mol. The third-order valence-electron chi connectivity index (χ3n) is 5.88. The number of ether oxygens (including phenoxy) is 3. The summed E-state index contributed by atoms with van der Waals surface area (Å²) in [6, 6.07) is 9.05. The van der Waals surface area contributed by atoms with Crippen LogP contribution in [0.25, 0.3) is 0 Å². The summed E-state index contributed by atoms with van der Waals surface area (Å²) in [6.07, 6.45) is 1.05. The van der Waals surface area contributed by atoms with E-state index in [1.165, 1.54) is 6.07 Å². The molecule has 2 aliphatic rings. The van der Waals surface area contributed by atoms with E-state index in [0.717, 1.165) is 6.42 Å². The molecule has 32 heavy (non-hydrogen) atoms. The van der Waals surface area contributed by atoms with Crippen LogP contribution in [0.3, 0.4) is 0 Å². The molecule has 0 radical (unpaired) electrons. The SMILES string of the molecule is COc1ccc(NC(=O)[C@H](c2cc3c(cc2[N+](=O)[O-])OCO3)N2C[C@H](C)C[C@@H](C)C2)cc1. The normalized spacial score (nSPS) is 21.1. The number of nitrogens with one attached hydrogen (secondary N) is 1.